The highest BCUT2D eigenvalue weighted by atomic mass is 79.9. The molecule has 5 nitrogen and oxygen atoms in total. The first kappa shape index (κ1) is 18.9. The number of hydrogen-bond donors (Lipinski definition) is 3. The molecule has 0 saturated heterocycles. The van der Waals surface area contributed by atoms with Crippen LogP contribution in [0.2, 0.25) is 0 Å². The molecular weight excluding hydrogens is 348 g/mol. The minimum Gasteiger partial charge on any atom is -0.490 e. The normalized spacial score (nSPS) is 15.4. The lowest BCUT2D eigenvalue weighted by Crippen LogP contribution is -2.42. The molecule has 1 atom stereocenters. The van der Waals surface area contributed by atoms with Crippen LogP contribution in [0.25, 0.3) is 0 Å². The largest absolute Gasteiger partial charge is 0.490 e. The molecule has 1 heterocycles. The first-order valence-electron chi connectivity index (χ1n) is 7.33. The standard InChI is InChI=1S/C16H24N2O3.BrH/c1-16(2,3)17-9-11(19)10-21-14-6-4-5-13-12(14)7-8-15(20)18-13;/h4-6,11,17,19H,7-10H2,1-3H3,(H,18,20);1H. The van der Waals surface area contributed by atoms with E-state index < -0.39 is 6.10 Å². The Labute approximate surface area is 142 Å². The van der Waals surface area contributed by atoms with Gasteiger partial charge in [0, 0.05) is 29.8 Å². The van der Waals surface area contributed by atoms with Gasteiger partial charge in [0.05, 0.1) is 0 Å². The highest BCUT2D eigenvalue weighted by Gasteiger charge is 2.19. The average molecular weight is 373 g/mol. The van der Waals surface area contributed by atoms with Gasteiger partial charge in [0.2, 0.25) is 5.91 Å². The minimum atomic E-state index is -0.571. The minimum absolute atomic E-state index is 0. The molecule has 1 amide bonds. The van der Waals surface area contributed by atoms with Gasteiger partial charge in [-0.1, -0.05) is 6.07 Å². The van der Waals surface area contributed by atoms with Crippen molar-refractivity contribution in [1.29, 1.82) is 0 Å². The number of anilines is 1. The second kappa shape index (κ2) is 7.94. The van der Waals surface area contributed by atoms with E-state index in [9.17, 15) is 9.90 Å². The Morgan fingerprint density at radius 2 is 2.09 bits per heavy atom. The second-order valence-electron chi connectivity index (χ2n) is 6.43. The summed E-state index contributed by atoms with van der Waals surface area (Å²) in [4.78, 5) is 11.4. The SMILES string of the molecule is Br.CC(C)(C)NCC(O)COc1cccc2c1CCC(=O)N2. The molecule has 1 aliphatic rings. The number of aliphatic hydroxyl groups excluding tert-OH is 1. The molecule has 0 spiro atoms. The maximum atomic E-state index is 11.4. The van der Waals surface area contributed by atoms with Crippen molar-refractivity contribution in [3.05, 3.63) is 23.8 Å². The molecule has 0 aromatic heterocycles. The Morgan fingerprint density at radius 3 is 2.77 bits per heavy atom. The van der Waals surface area contributed by atoms with Crippen molar-refractivity contribution in [2.24, 2.45) is 0 Å². The molecule has 2 rings (SSSR count). The third-order valence-electron chi connectivity index (χ3n) is 3.31. The fraction of sp³-hybridized carbons (Fsp3) is 0.562. The number of ether oxygens (including phenoxy) is 1. The number of carbonyl (C=O) groups excluding carboxylic acids is 1. The van der Waals surface area contributed by atoms with Crippen LogP contribution in [0.15, 0.2) is 18.2 Å². The van der Waals surface area contributed by atoms with Gasteiger partial charge in [-0.15, -0.1) is 17.0 Å². The van der Waals surface area contributed by atoms with Crippen LogP contribution in [0, 0.1) is 0 Å². The van der Waals surface area contributed by atoms with Gasteiger partial charge in [0.1, 0.15) is 18.5 Å². The topological polar surface area (TPSA) is 70.6 Å². The van der Waals surface area contributed by atoms with E-state index in [1.807, 2.05) is 18.2 Å². The molecule has 0 fully saturated rings. The van der Waals surface area contributed by atoms with Crippen LogP contribution < -0.4 is 15.4 Å². The summed E-state index contributed by atoms with van der Waals surface area (Å²) in [7, 11) is 0. The molecule has 1 aromatic carbocycles. The van der Waals surface area contributed by atoms with Crippen LogP contribution in [0.5, 0.6) is 5.75 Å². The van der Waals surface area contributed by atoms with E-state index in [-0.39, 0.29) is 35.0 Å². The van der Waals surface area contributed by atoms with E-state index in [4.69, 9.17) is 4.74 Å². The Bertz CT molecular complexity index is 515. The number of carbonyl (C=O) groups is 1. The van der Waals surface area contributed by atoms with Gasteiger partial charge in [0.25, 0.3) is 0 Å². The number of halogens is 1. The maximum Gasteiger partial charge on any atom is 0.224 e. The van der Waals surface area contributed by atoms with Crippen LogP contribution in [0.3, 0.4) is 0 Å². The van der Waals surface area contributed by atoms with E-state index in [0.717, 1.165) is 17.0 Å². The third kappa shape index (κ3) is 5.59. The van der Waals surface area contributed by atoms with Crippen LogP contribution in [0.1, 0.15) is 32.8 Å². The number of amides is 1. The van der Waals surface area contributed by atoms with Gasteiger partial charge in [-0.2, -0.15) is 0 Å². The number of β-amino-alcohol motifs (C(OH)–C–C–N with tert-alkyl or cyclic N) is 1. The third-order valence-corrected chi connectivity index (χ3v) is 3.31. The zero-order valence-corrected chi connectivity index (χ0v) is 15.0. The summed E-state index contributed by atoms with van der Waals surface area (Å²) in [5.74, 6) is 0.774. The lowest BCUT2D eigenvalue weighted by atomic mass is 10.0. The number of aliphatic hydroxyl groups is 1. The van der Waals surface area contributed by atoms with Crippen LogP contribution in [-0.2, 0) is 11.2 Å². The lowest BCUT2D eigenvalue weighted by Gasteiger charge is -2.24. The van der Waals surface area contributed by atoms with Crippen molar-refractivity contribution in [2.45, 2.75) is 45.3 Å². The molecule has 1 aliphatic heterocycles. The number of rotatable bonds is 5. The molecular formula is C16H25BrN2O3. The fourth-order valence-electron chi connectivity index (χ4n) is 2.20. The zero-order valence-electron chi connectivity index (χ0n) is 13.3. The van der Waals surface area contributed by atoms with E-state index in [2.05, 4.69) is 31.4 Å². The monoisotopic (exact) mass is 372 g/mol. The molecule has 0 aliphatic carbocycles. The van der Waals surface area contributed by atoms with Crippen molar-refractivity contribution >= 4 is 28.6 Å². The zero-order chi connectivity index (χ0) is 15.5. The molecule has 1 unspecified atom stereocenters. The van der Waals surface area contributed by atoms with Gasteiger partial charge in [-0.25, -0.2) is 0 Å². The van der Waals surface area contributed by atoms with Crippen LogP contribution in [0.4, 0.5) is 5.69 Å². The smallest absolute Gasteiger partial charge is 0.224 e. The average Bonchev–Trinajstić information content (AvgIpc) is 2.41. The van der Waals surface area contributed by atoms with E-state index >= 15 is 0 Å². The molecule has 6 heteroatoms. The lowest BCUT2D eigenvalue weighted by molar-refractivity contribution is -0.116. The molecule has 124 valence electrons. The quantitative estimate of drug-likeness (QED) is 0.741. The second-order valence-corrected chi connectivity index (χ2v) is 6.43. The first-order chi connectivity index (χ1) is 9.85. The summed E-state index contributed by atoms with van der Waals surface area (Å²) in [6, 6.07) is 5.59. The highest BCUT2D eigenvalue weighted by molar-refractivity contribution is 8.93. The Kier molecular flexibility index (Phi) is 6.84. The molecule has 3 N–H and O–H groups in total. The van der Waals surface area contributed by atoms with Gasteiger partial charge in [-0.05, 0) is 39.3 Å². The Balaban J connectivity index is 0.00000242. The van der Waals surface area contributed by atoms with Crippen molar-refractivity contribution in [3.8, 4) is 5.75 Å². The van der Waals surface area contributed by atoms with E-state index in [1.165, 1.54) is 0 Å². The Morgan fingerprint density at radius 1 is 1.36 bits per heavy atom. The molecule has 0 radical (unpaired) electrons. The highest BCUT2D eigenvalue weighted by Crippen LogP contribution is 2.31. The van der Waals surface area contributed by atoms with Crippen molar-refractivity contribution in [3.63, 3.8) is 0 Å². The van der Waals surface area contributed by atoms with Crippen molar-refractivity contribution in [2.75, 3.05) is 18.5 Å². The number of fused-ring (bicyclic) bond motifs is 1. The van der Waals surface area contributed by atoms with Crippen molar-refractivity contribution < 1.29 is 14.6 Å². The van der Waals surface area contributed by atoms with Crippen molar-refractivity contribution in [1.82, 2.24) is 5.32 Å². The predicted octanol–water partition coefficient (Wildman–Crippen LogP) is 2.28. The van der Waals surface area contributed by atoms with Crippen LogP contribution in [-0.4, -0.2) is 35.8 Å². The number of nitrogens with one attached hydrogen (secondary N) is 2. The summed E-state index contributed by atoms with van der Waals surface area (Å²) in [6.07, 6.45) is 0.577. The summed E-state index contributed by atoms with van der Waals surface area (Å²) >= 11 is 0. The van der Waals surface area contributed by atoms with E-state index in [1.54, 1.807) is 0 Å². The maximum absolute atomic E-state index is 11.4. The number of hydrogen-bond acceptors (Lipinski definition) is 4. The molecule has 1 aromatic rings. The fourth-order valence-corrected chi connectivity index (χ4v) is 2.20. The van der Waals surface area contributed by atoms with Crippen LogP contribution >= 0.6 is 17.0 Å². The number of benzene rings is 1. The summed E-state index contributed by atoms with van der Waals surface area (Å²) < 4.78 is 5.73. The van der Waals surface area contributed by atoms with Gasteiger partial charge < -0.3 is 20.5 Å². The molecule has 0 saturated carbocycles. The summed E-state index contributed by atoms with van der Waals surface area (Å²) in [5, 5.41) is 16.0. The van der Waals surface area contributed by atoms with E-state index in [0.29, 0.717) is 19.4 Å². The Hall–Kier alpha value is -1.11. The van der Waals surface area contributed by atoms with Gasteiger partial charge >= 0.3 is 0 Å². The summed E-state index contributed by atoms with van der Waals surface area (Å²) in [6.45, 7) is 6.87. The first-order valence-corrected chi connectivity index (χ1v) is 7.33. The predicted molar refractivity (Wildman–Crippen MR) is 93.0 cm³/mol. The molecule has 0 bridgehead atoms. The van der Waals surface area contributed by atoms with Gasteiger partial charge in [0.15, 0.2) is 0 Å². The van der Waals surface area contributed by atoms with Gasteiger partial charge in [-0.3, -0.25) is 4.79 Å². The summed E-state index contributed by atoms with van der Waals surface area (Å²) in [5.41, 5.74) is 1.79. The molecule has 22 heavy (non-hydrogen) atoms.